The van der Waals surface area contributed by atoms with Crippen molar-refractivity contribution in [3.63, 3.8) is 0 Å². The zero-order valence-corrected chi connectivity index (χ0v) is 11.8. The predicted octanol–water partition coefficient (Wildman–Crippen LogP) is 2.57. The summed E-state index contributed by atoms with van der Waals surface area (Å²) in [7, 11) is 1.90. The third-order valence-electron chi connectivity index (χ3n) is 2.73. The zero-order valence-electron chi connectivity index (χ0n) is 10.2. The first-order chi connectivity index (χ1) is 8.58. The Bertz CT molecular complexity index is 541. The smallest absolute Gasteiger partial charge is 0.149 e. The van der Waals surface area contributed by atoms with Gasteiger partial charge in [0.15, 0.2) is 0 Å². The maximum Gasteiger partial charge on any atom is 0.149 e. The third-order valence-corrected chi connectivity index (χ3v) is 3.34. The highest BCUT2D eigenvalue weighted by molar-refractivity contribution is 9.10. The molecule has 0 spiro atoms. The fraction of sp³-hybridized carbons (Fsp3) is 0.333. The molecule has 0 saturated carbocycles. The second kappa shape index (κ2) is 5.58. The molecule has 1 unspecified atom stereocenters. The van der Waals surface area contributed by atoms with Gasteiger partial charge in [0.2, 0.25) is 0 Å². The van der Waals surface area contributed by atoms with E-state index in [9.17, 15) is 4.39 Å². The topological polar surface area (TPSA) is 42.7 Å². The molecule has 1 heterocycles. The molecule has 0 aliphatic carbocycles. The summed E-state index contributed by atoms with van der Waals surface area (Å²) in [6.45, 7) is 2.66. The Morgan fingerprint density at radius 1 is 1.50 bits per heavy atom. The maximum atomic E-state index is 13.1. The van der Waals surface area contributed by atoms with Crippen molar-refractivity contribution >= 4 is 15.9 Å². The second-order valence-electron chi connectivity index (χ2n) is 4.15. The molecular formula is C12H14BrFN4. The van der Waals surface area contributed by atoms with Crippen LogP contribution >= 0.6 is 15.9 Å². The zero-order chi connectivity index (χ0) is 13.1. The van der Waals surface area contributed by atoms with Crippen LogP contribution in [0.1, 0.15) is 24.4 Å². The molecule has 0 amide bonds. The fourth-order valence-electron chi connectivity index (χ4n) is 1.70. The highest BCUT2D eigenvalue weighted by atomic mass is 79.9. The first-order valence-corrected chi connectivity index (χ1v) is 6.38. The molecule has 1 N–H and O–H groups in total. The average molecular weight is 313 g/mol. The molecule has 1 aromatic carbocycles. The van der Waals surface area contributed by atoms with E-state index in [1.54, 1.807) is 18.5 Å². The predicted molar refractivity (Wildman–Crippen MR) is 70.4 cm³/mol. The van der Waals surface area contributed by atoms with Crippen LogP contribution in [0.15, 0.2) is 29.0 Å². The Morgan fingerprint density at radius 3 is 2.89 bits per heavy atom. The van der Waals surface area contributed by atoms with Gasteiger partial charge in [-0.1, -0.05) is 6.07 Å². The molecular weight excluding hydrogens is 299 g/mol. The van der Waals surface area contributed by atoms with Crippen LogP contribution in [0, 0.1) is 5.82 Å². The standard InChI is InChI=1S/C12H14BrFN4/c1-8(12-17-16-7-18(12)2)15-6-9-3-4-11(14)10(13)5-9/h3-5,7-8,15H,6H2,1-2H3. The normalized spacial score (nSPS) is 12.7. The molecule has 0 bridgehead atoms. The lowest BCUT2D eigenvalue weighted by atomic mass is 10.2. The van der Waals surface area contributed by atoms with Crippen LogP contribution in [0.5, 0.6) is 0 Å². The van der Waals surface area contributed by atoms with Crippen LogP contribution in [0.2, 0.25) is 0 Å². The van der Waals surface area contributed by atoms with Gasteiger partial charge in [0.25, 0.3) is 0 Å². The van der Waals surface area contributed by atoms with Gasteiger partial charge >= 0.3 is 0 Å². The van der Waals surface area contributed by atoms with E-state index in [1.165, 1.54) is 6.07 Å². The Balaban J connectivity index is 1.99. The SMILES string of the molecule is CC(NCc1ccc(F)c(Br)c1)c1nncn1C. The van der Waals surface area contributed by atoms with Gasteiger partial charge in [-0.05, 0) is 40.5 Å². The molecule has 0 aliphatic rings. The minimum absolute atomic E-state index is 0.0846. The first-order valence-electron chi connectivity index (χ1n) is 5.59. The number of aryl methyl sites for hydroxylation is 1. The molecule has 2 aromatic rings. The molecule has 18 heavy (non-hydrogen) atoms. The van der Waals surface area contributed by atoms with Crippen molar-refractivity contribution in [3.05, 3.63) is 46.2 Å². The van der Waals surface area contributed by atoms with Crippen molar-refractivity contribution in [3.8, 4) is 0 Å². The van der Waals surface area contributed by atoms with E-state index in [1.807, 2.05) is 18.5 Å². The molecule has 4 nitrogen and oxygen atoms in total. The van der Waals surface area contributed by atoms with E-state index in [-0.39, 0.29) is 11.9 Å². The Kier molecular flexibility index (Phi) is 4.08. The molecule has 0 aliphatic heterocycles. The number of nitrogens with one attached hydrogen (secondary N) is 1. The summed E-state index contributed by atoms with van der Waals surface area (Å²) in [6, 6.07) is 5.07. The number of rotatable bonds is 4. The Hall–Kier alpha value is -1.27. The summed E-state index contributed by atoms with van der Waals surface area (Å²) in [6.07, 6.45) is 1.67. The highest BCUT2D eigenvalue weighted by Gasteiger charge is 2.10. The van der Waals surface area contributed by atoms with Crippen LogP contribution in [-0.4, -0.2) is 14.8 Å². The minimum atomic E-state index is -0.250. The quantitative estimate of drug-likeness (QED) is 0.943. The van der Waals surface area contributed by atoms with Crippen LogP contribution < -0.4 is 5.32 Å². The van der Waals surface area contributed by atoms with E-state index in [2.05, 4.69) is 31.4 Å². The molecule has 6 heteroatoms. The Labute approximate surface area is 113 Å². The number of hydrogen-bond acceptors (Lipinski definition) is 3. The van der Waals surface area contributed by atoms with Gasteiger partial charge in [-0.15, -0.1) is 10.2 Å². The van der Waals surface area contributed by atoms with Crippen molar-refractivity contribution in [1.29, 1.82) is 0 Å². The summed E-state index contributed by atoms with van der Waals surface area (Å²) < 4.78 is 15.4. The van der Waals surface area contributed by atoms with Crippen molar-refractivity contribution in [2.45, 2.75) is 19.5 Å². The van der Waals surface area contributed by atoms with Crippen LogP contribution in [0.4, 0.5) is 4.39 Å². The van der Waals surface area contributed by atoms with Crippen molar-refractivity contribution in [2.75, 3.05) is 0 Å². The lowest BCUT2D eigenvalue weighted by Crippen LogP contribution is -2.21. The molecule has 1 atom stereocenters. The summed E-state index contributed by atoms with van der Waals surface area (Å²) in [4.78, 5) is 0. The maximum absolute atomic E-state index is 13.1. The van der Waals surface area contributed by atoms with E-state index >= 15 is 0 Å². The van der Waals surface area contributed by atoms with E-state index in [0.717, 1.165) is 11.4 Å². The van der Waals surface area contributed by atoms with Crippen LogP contribution in [0.3, 0.4) is 0 Å². The van der Waals surface area contributed by atoms with Gasteiger partial charge in [0.1, 0.15) is 18.0 Å². The summed E-state index contributed by atoms with van der Waals surface area (Å²) in [5.74, 6) is 0.622. The largest absolute Gasteiger partial charge is 0.319 e. The molecule has 0 fully saturated rings. The van der Waals surface area contributed by atoms with Crippen LogP contribution in [-0.2, 0) is 13.6 Å². The van der Waals surface area contributed by atoms with E-state index in [0.29, 0.717) is 11.0 Å². The van der Waals surface area contributed by atoms with Crippen molar-refractivity contribution < 1.29 is 4.39 Å². The van der Waals surface area contributed by atoms with Crippen molar-refractivity contribution in [2.24, 2.45) is 7.05 Å². The molecule has 2 rings (SSSR count). The molecule has 0 saturated heterocycles. The van der Waals surface area contributed by atoms with E-state index in [4.69, 9.17) is 0 Å². The summed E-state index contributed by atoms with van der Waals surface area (Å²) in [5, 5.41) is 11.2. The van der Waals surface area contributed by atoms with Gasteiger partial charge in [-0.2, -0.15) is 0 Å². The van der Waals surface area contributed by atoms with Gasteiger partial charge in [0, 0.05) is 13.6 Å². The number of nitrogens with zero attached hydrogens (tertiary/aromatic N) is 3. The van der Waals surface area contributed by atoms with Gasteiger partial charge in [-0.25, -0.2) is 4.39 Å². The molecule has 96 valence electrons. The second-order valence-corrected chi connectivity index (χ2v) is 5.01. The summed E-state index contributed by atoms with van der Waals surface area (Å²) in [5.41, 5.74) is 1.01. The third kappa shape index (κ3) is 2.94. The lowest BCUT2D eigenvalue weighted by molar-refractivity contribution is 0.527. The van der Waals surface area contributed by atoms with Crippen molar-refractivity contribution in [1.82, 2.24) is 20.1 Å². The number of hydrogen-bond donors (Lipinski definition) is 1. The van der Waals surface area contributed by atoms with Crippen LogP contribution in [0.25, 0.3) is 0 Å². The average Bonchev–Trinajstić information content (AvgIpc) is 2.77. The number of benzene rings is 1. The lowest BCUT2D eigenvalue weighted by Gasteiger charge is -2.13. The van der Waals surface area contributed by atoms with Gasteiger partial charge in [0.05, 0.1) is 10.5 Å². The number of halogens is 2. The first kappa shape index (κ1) is 13.2. The van der Waals surface area contributed by atoms with Gasteiger partial charge in [-0.3, -0.25) is 0 Å². The van der Waals surface area contributed by atoms with E-state index < -0.39 is 0 Å². The highest BCUT2D eigenvalue weighted by Crippen LogP contribution is 2.17. The monoisotopic (exact) mass is 312 g/mol. The number of aromatic nitrogens is 3. The fourth-order valence-corrected chi connectivity index (χ4v) is 2.12. The minimum Gasteiger partial charge on any atom is -0.319 e. The Morgan fingerprint density at radius 2 is 2.28 bits per heavy atom. The van der Waals surface area contributed by atoms with Gasteiger partial charge < -0.3 is 9.88 Å². The molecule has 0 radical (unpaired) electrons. The summed E-state index contributed by atoms with van der Waals surface area (Å²) >= 11 is 3.17. The molecule has 1 aromatic heterocycles.